The van der Waals surface area contributed by atoms with Gasteiger partial charge in [0.1, 0.15) is 22.0 Å². The molecule has 138 valence electrons. The van der Waals surface area contributed by atoms with Crippen LogP contribution in [0.4, 0.5) is 4.39 Å². The Morgan fingerprint density at radius 2 is 2.04 bits per heavy atom. The van der Waals surface area contributed by atoms with Crippen molar-refractivity contribution in [3.63, 3.8) is 0 Å². The third-order valence-corrected chi connectivity index (χ3v) is 5.42. The zero-order valence-corrected chi connectivity index (χ0v) is 16.4. The third kappa shape index (κ3) is 4.19. The number of ether oxygens (including phenoxy) is 1. The fourth-order valence-corrected chi connectivity index (χ4v) is 3.87. The van der Waals surface area contributed by atoms with E-state index < -0.39 is 11.2 Å². The Morgan fingerprint density at radius 1 is 1.32 bits per heavy atom. The summed E-state index contributed by atoms with van der Waals surface area (Å²) in [4.78, 5) is 6.40. The van der Waals surface area contributed by atoms with Crippen molar-refractivity contribution in [1.82, 2.24) is 9.88 Å². The van der Waals surface area contributed by atoms with Gasteiger partial charge in [0.2, 0.25) is 0 Å². The molecule has 0 aliphatic carbocycles. The molecule has 4 nitrogen and oxygen atoms in total. The average Bonchev–Trinajstić information content (AvgIpc) is 3.08. The van der Waals surface area contributed by atoms with Crippen LogP contribution in [0.1, 0.15) is 36.4 Å². The molecular weight excluding hydrogens is 339 g/mol. The van der Waals surface area contributed by atoms with E-state index in [1.54, 1.807) is 27.2 Å². The molecule has 0 aliphatic rings. The van der Waals surface area contributed by atoms with Crippen molar-refractivity contribution in [2.24, 2.45) is 0 Å². The normalized spacial score (nSPS) is 14.6. The van der Waals surface area contributed by atoms with Gasteiger partial charge in [-0.1, -0.05) is 6.07 Å². The Morgan fingerprint density at radius 3 is 2.52 bits per heavy atom. The Labute approximate surface area is 153 Å². The van der Waals surface area contributed by atoms with Gasteiger partial charge >= 0.3 is 0 Å². The van der Waals surface area contributed by atoms with Crippen LogP contribution in [0.25, 0.3) is 0 Å². The van der Waals surface area contributed by atoms with Crippen molar-refractivity contribution in [1.29, 1.82) is 0 Å². The van der Waals surface area contributed by atoms with Crippen LogP contribution >= 0.6 is 11.3 Å². The minimum absolute atomic E-state index is 0.137. The highest BCUT2D eigenvalue weighted by Crippen LogP contribution is 2.40. The number of aliphatic hydroxyl groups is 1. The maximum absolute atomic E-state index is 13.9. The first-order valence-electron chi connectivity index (χ1n) is 8.29. The lowest BCUT2D eigenvalue weighted by Crippen LogP contribution is -2.46. The van der Waals surface area contributed by atoms with Crippen LogP contribution in [0.15, 0.2) is 29.8 Å². The third-order valence-electron chi connectivity index (χ3n) is 4.50. The van der Waals surface area contributed by atoms with Gasteiger partial charge in [0, 0.05) is 17.1 Å². The summed E-state index contributed by atoms with van der Waals surface area (Å²) in [6.45, 7) is 3.04. The number of halogens is 1. The van der Waals surface area contributed by atoms with E-state index >= 15 is 0 Å². The molecule has 1 N–H and O–H groups in total. The fourth-order valence-electron chi connectivity index (χ4n) is 2.94. The summed E-state index contributed by atoms with van der Waals surface area (Å²) < 4.78 is 19.5. The van der Waals surface area contributed by atoms with Crippen LogP contribution in [0.2, 0.25) is 0 Å². The molecule has 0 bridgehead atoms. The van der Waals surface area contributed by atoms with Gasteiger partial charge in [-0.15, -0.1) is 11.3 Å². The lowest BCUT2D eigenvalue weighted by atomic mass is 9.86. The summed E-state index contributed by atoms with van der Waals surface area (Å²) in [7, 11) is 5.44. The van der Waals surface area contributed by atoms with Gasteiger partial charge in [-0.2, -0.15) is 0 Å². The molecule has 1 aromatic heterocycles. The Hall–Kier alpha value is -1.50. The first kappa shape index (κ1) is 19.8. The second-order valence-electron chi connectivity index (χ2n) is 7.00. The highest BCUT2D eigenvalue weighted by molar-refractivity contribution is 7.09. The molecular formula is C19H27FN2O2S. The minimum atomic E-state index is -1.22. The summed E-state index contributed by atoms with van der Waals surface area (Å²) in [6.07, 6.45) is 2.78. The van der Waals surface area contributed by atoms with Crippen LogP contribution in [0.5, 0.6) is 5.75 Å². The first-order valence-corrected chi connectivity index (χ1v) is 9.17. The lowest BCUT2D eigenvalue weighted by Gasteiger charge is -2.38. The minimum Gasteiger partial charge on any atom is -0.496 e. The Kier molecular flexibility index (Phi) is 6.19. The molecule has 0 fully saturated rings. The van der Waals surface area contributed by atoms with Crippen molar-refractivity contribution in [2.45, 2.75) is 37.9 Å². The van der Waals surface area contributed by atoms with E-state index in [9.17, 15) is 9.50 Å². The highest BCUT2D eigenvalue weighted by Gasteiger charge is 2.41. The molecule has 0 saturated heterocycles. The molecule has 2 aromatic rings. The van der Waals surface area contributed by atoms with Crippen LogP contribution in [0.3, 0.4) is 0 Å². The number of benzene rings is 1. The molecule has 0 spiro atoms. The number of rotatable bonds is 8. The Bertz CT molecular complexity index is 683. The smallest absolute Gasteiger partial charge is 0.125 e. The quantitative estimate of drug-likeness (QED) is 0.775. The molecule has 2 rings (SSSR count). The van der Waals surface area contributed by atoms with Crippen LogP contribution in [-0.4, -0.2) is 48.5 Å². The molecule has 1 unspecified atom stereocenters. The standard InChI is InChI=1S/C19H27FN2O2S/c1-18(2,20)9-8-14-6-7-16(24-5)15(12-14)19(13-23,22(3)4)17-21-10-11-25-17/h6-7,10-12,23H,8-9,13H2,1-5H3. The van der Waals surface area contributed by atoms with Gasteiger partial charge in [0.05, 0.1) is 13.7 Å². The van der Waals surface area contributed by atoms with Gasteiger partial charge in [0.25, 0.3) is 0 Å². The van der Waals surface area contributed by atoms with E-state index in [0.29, 0.717) is 18.6 Å². The SMILES string of the molecule is COc1ccc(CCC(C)(C)F)cc1C(CO)(c1nccs1)N(C)C. The van der Waals surface area contributed by atoms with E-state index in [0.717, 1.165) is 16.1 Å². The Balaban J connectivity index is 2.56. The van der Waals surface area contributed by atoms with Gasteiger partial charge in [-0.3, -0.25) is 4.90 Å². The molecule has 6 heteroatoms. The molecule has 1 heterocycles. The number of likely N-dealkylation sites (N-methyl/N-ethyl adjacent to an activating group) is 1. The van der Waals surface area contributed by atoms with Gasteiger partial charge in [-0.25, -0.2) is 9.37 Å². The maximum atomic E-state index is 13.9. The van der Waals surface area contributed by atoms with Crippen LogP contribution in [0, 0.1) is 0 Å². The zero-order valence-electron chi connectivity index (χ0n) is 15.5. The van der Waals surface area contributed by atoms with Crippen molar-refractivity contribution >= 4 is 11.3 Å². The average molecular weight is 367 g/mol. The predicted octanol–water partition coefficient (Wildman–Crippen LogP) is 3.63. The number of aliphatic hydroxyl groups excluding tert-OH is 1. The van der Waals surface area contributed by atoms with Crippen molar-refractivity contribution in [3.8, 4) is 5.75 Å². The summed E-state index contributed by atoms with van der Waals surface area (Å²) in [5.41, 5.74) is -0.171. The number of methoxy groups -OCH3 is 1. The molecule has 1 atom stereocenters. The van der Waals surface area contributed by atoms with E-state index in [4.69, 9.17) is 4.74 Å². The summed E-state index contributed by atoms with van der Waals surface area (Å²) >= 11 is 1.49. The van der Waals surface area contributed by atoms with E-state index in [-0.39, 0.29) is 6.61 Å². The molecule has 0 aliphatic heterocycles. The van der Waals surface area contributed by atoms with Gasteiger partial charge in [-0.05, 0) is 58.5 Å². The molecule has 0 amide bonds. The van der Waals surface area contributed by atoms with E-state index in [2.05, 4.69) is 4.98 Å². The second kappa shape index (κ2) is 7.81. The topological polar surface area (TPSA) is 45.6 Å². The van der Waals surface area contributed by atoms with Crippen LogP contribution < -0.4 is 4.74 Å². The van der Waals surface area contributed by atoms with Crippen molar-refractivity contribution in [2.75, 3.05) is 27.8 Å². The largest absolute Gasteiger partial charge is 0.496 e. The number of hydrogen-bond acceptors (Lipinski definition) is 5. The number of aryl methyl sites for hydroxylation is 1. The summed E-state index contributed by atoms with van der Waals surface area (Å²) in [6, 6.07) is 5.84. The summed E-state index contributed by atoms with van der Waals surface area (Å²) in [5.74, 6) is 0.682. The molecule has 0 saturated carbocycles. The number of alkyl halides is 1. The maximum Gasteiger partial charge on any atom is 0.125 e. The van der Waals surface area contributed by atoms with Gasteiger partial charge < -0.3 is 9.84 Å². The number of hydrogen-bond donors (Lipinski definition) is 1. The lowest BCUT2D eigenvalue weighted by molar-refractivity contribution is 0.0981. The van der Waals surface area contributed by atoms with Gasteiger partial charge in [0.15, 0.2) is 0 Å². The molecule has 25 heavy (non-hydrogen) atoms. The fraction of sp³-hybridized carbons (Fsp3) is 0.526. The van der Waals surface area contributed by atoms with E-state index in [1.807, 2.05) is 42.6 Å². The molecule has 0 radical (unpaired) electrons. The number of aromatic nitrogens is 1. The monoisotopic (exact) mass is 366 g/mol. The summed E-state index contributed by atoms with van der Waals surface area (Å²) in [5, 5.41) is 13.0. The number of thiazole rings is 1. The highest BCUT2D eigenvalue weighted by atomic mass is 32.1. The second-order valence-corrected chi connectivity index (χ2v) is 7.90. The predicted molar refractivity (Wildman–Crippen MR) is 100 cm³/mol. The van der Waals surface area contributed by atoms with Crippen LogP contribution in [-0.2, 0) is 12.0 Å². The van der Waals surface area contributed by atoms with E-state index in [1.165, 1.54) is 11.3 Å². The first-order chi connectivity index (χ1) is 11.7. The van der Waals surface area contributed by atoms with Crippen molar-refractivity contribution in [3.05, 3.63) is 45.9 Å². The molecule has 1 aromatic carbocycles. The number of nitrogens with zero attached hydrogens (tertiary/aromatic N) is 2. The zero-order chi connectivity index (χ0) is 18.7. The van der Waals surface area contributed by atoms with Crippen molar-refractivity contribution < 1.29 is 14.2 Å².